The summed E-state index contributed by atoms with van der Waals surface area (Å²) in [6, 6.07) is 3.82. The van der Waals surface area contributed by atoms with Crippen molar-refractivity contribution in [1.82, 2.24) is 15.4 Å². The molecule has 0 aliphatic carbocycles. The highest BCUT2D eigenvalue weighted by molar-refractivity contribution is 7.99. The number of nitrogens with zero attached hydrogens (tertiary/aromatic N) is 3. The average molecular weight is 268 g/mol. The van der Waals surface area contributed by atoms with Crippen molar-refractivity contribution in [2.45, 2.75) is 18.9 Å². The third-order valence-electron chi connectivity index (χ3n) is 2.54. The fraction of sp³-hybridized carbons (Fsp3) is 0.500. The van der Waals surface area contributed by atoms with Gasteiger partial charge in [0.15, 0.2) is 0 Å². The van der Waals surface area contributed by atoms with Crippen molar-refractivity contribution in [3.05, 3.63) is 18.3 Å². The van der Waals surface area contributed by atoms with Crippen LogP contribution >= 0.6 is 11.8 Å². The van der Waals surface area contributed by atoms with Crippen molar-refractivity contribution in [2.75, 3.05) is 25.4 Å². The van der Waals surface area contributed by atoms with Crippen LogP contribution in [0.4, 0.5) is 5.69 Å². The summed E-state index contributed by atoms with van der Waals surface area (Å²) in [4.78, 5) is 10.6. The number of aliphatic imine (C=N–C) groups is 1. The second kappa shape index (κ2) is 8.91. The number of pyridine rings is 1. The molecule has 0 bridgehead atoms. The van der Waals surface area contributed by atoms with Crippen LogP contribution in [0, 0.1) is 0 Å². The molecular formula is C12H20N4OS. The quantitative estimate of drug-likeness (QED) is 0.327. The molecule has 0 amide bonds. The van der Waals surface area contributed by atoms with Crippen LogP contribution < -0.4 is 5.48 Å². The topological polar surface area (TPSA) is 60.8 Å². The molecule has 1 aromatic rings. The Morgan fingerprint density at radius 1 is 1.44 bits per heavy atom. The molecule has 0 aliphatic rings. The monoisotopic (exact) mass is 268 g/mol. The Labute approximate surface area is 112 Å². The van der Waals surface area contributed by atoms with Crippen LogP contribution in [0.3, 0.4) is 0 Å². The molecule has 0 aliphatic heterocycles. The first-order valence-corrected chi connectivity index (χ1v) is 7.02. The zero-order chi connectivity index (χ0) is 13.2. The maximum absolute atomic E-state index is 8.37. The van der Waals surface area contributed by atoms with E-state index in [1.807, 2.05) is 17.6 Å². The van der Waals surface area contributed by atoms with E-state index in [0.29, 0.717) is 5.69 Å². The van der Waals surface area contributed by atoms with Gasteiger partial charge in [-0.05, 0) is 25.2 Å². The Morgan fingerprint density at radius 2 is 2.22 bits per heavy atom. The number of hydroxylamine groups is 1. The maximum Gasteiger partial charge on any atom is 0.113 e. The van der Waals surface area contributed by atoms with Crippen LogP contribution in [-0.2, 0) is 0 Å². The number of rotatable bonds is 8. The summed E-state index contributed by atoms with van der Waals surface area (Å²) in [5.74, 6) is 1.04. The lowest BCUT2D eigenvalue weighted by Crippen LogP contribution is -2.25. The van der Waals surface area contributed by atoms with Crippen molar-refractivity contribution in [2.24, 2.45) is 4.99 Å². The molecule has 18 heavy (non-hydrogen) atoms. The number of nitrogens with one attached hydrogen (secondary N) is 1. The largest absolute Gasteiger partial charge is 0.303 e. The minimum Gasteiger partial charge on any atom is -0.303 e. The van der Waals surface area contributed by atoms with Crippen LogP contribution in [-0.4, -0.2) is 46.8 Å². The van der Waals surface area contributed by atoms with Gasteiger partial charge in [0.2, 0.25) is 0 Å². The molecule has 0 fully saturated rings. The first kappa shape index (κ1) is 14.9. The fourth-order valence-corrected chi connectivity index (χ4v) is 2.31. The standard InChI is InChI=1S/C12H20N4OS/c1-3-16(4-2)7-8-18-12-6-5-11(9-13-12)14-10-15-17/h5-6,9-10,17H,3-4,7-8H2,1-2H3,(H,14,15). The van der Waals surface area contributed by atoms with Gasteiger partial charge in [0, 0.05) is 12.3 Å². The molecule has 0 unspecified atom stereocenters. The molecule has 6 heteroatoms. The SMILES string of the molecule is CCN(CC)CCSc1ccc(N=CNO)cn1. The van der Waals surface area contributed by atoms with Gasteiger partial charge in [-0.2, -0.15) is 0 Å². The highest BCUT2D eigenvalue weighted by atomic mass is 32.2. The van der Waals surface area contributed by atoms with Crippen LogP contribution in [0.15, 0.2) is 28.3 Å². The van der Waals surface area contributed by atoms with Gasteiger partial charge in [0.25, 0.3) is 0 Å². The van der Waals surface area contributed by atoms with Gasteiger partial charge in [-0.3, -0.25) is 10.7 Å². The Kier molecular flexibility index (Phi) is 7.40. The van der Waals surface area contributed by atoms with Gasteiger partial charge in [0.1, 0.15) is 6.34 Å². The Hall–Kier alpha value is -1.11. The summed E-state index contributed by atoms with van der Waals surface area (Å²) in [6.45, 7) is 7.61. The van der Waals surface area contributed by atoms with E-state index in [1.165, 1.54) is 6.34 Å². The van der Waals surface area contributed by atoms with Crippen LogP contribution in [0.5, 0.6) is 0 Å². The maximum atomic E-state index is 8.37. The highest BCUT2D eigenvalue weighted by Crippen LogP contribution is 2.18. The summed E-state index contributed by atoms with van der Waals surface area (Å²) in [5.41, 5.74) is 2.57. The van der Waals surface area contributed by atoms with Gasteiger partial charge in [-0.1, -0.05) is 13.8 Å². The first-order chi connectivity index (χ1) is 8.80. The lowest BCUT2D eigenvalue weighted by molar-refractivity contribution is 0.240. The molecule has 0 spiro atoms. The van der Waals surface area contributed by atoms with Crippen LogP contribution in [0.2, 0.25) is 0 Å². The van der Waals surface area contributed by atoms with E-state index in [0.717, 1.165) is 30.4 Å². The molecule has 0 saturated heterocycles. The second-order valence-electron chi connectivity index (χ2n) is 3.62. The van der Waals surface area contributed by atoms with Gasteiger partial charge in [-0.25, -0.2) is 9.98 Å². The molecule has 0 saturated carbocycles. The van der Waals surface area contributed by atoms with E-state index in [1.54, 1.807) is 18.0 Å². The Balaban J connectivity index is 2.37. The van der Waals surface area contributed by atoms with Crippen molar-refractivity contribution in [1.29, 1.82) is 0 Å². The molecule has 0 radical (unpaired) electrons. The third kappa shape index (κ3) is 5.48. The van der Waals surface area contributed by atoms with E-state index in [4.69, 9.17) is 5.21 Å². The van der Waals surface area contributed by atoms with E-state index in [-0.39, 0.29) is 0 Å². The lowest BCUT2D eigenvalue weighted by Gasteiger charge is -2.16. The zero-order valence-corrected chi connectivity index (χ0v) is 11.7. The minimum absolute atomic E-state index is 0.713. The molecule has 0 aromatic carbocycles. The van der Waals surface area contributed by atoms with Gasteiger partial charge < -0.3 is 4.90 Å². The molecule has 100 valence electrons. The van der Waals surface area contributed by atoms with Crippen LogP contribution in [0.1, 0.15) is 13.8 Å². The van der Waals surface area contributed by atoms with Gasteiger partial charge in [-0.15, -0.1) is 11.8 Å². The fourth-order valence-electron chi connectivity index (χ4n) is 1.46. The van der Waals surface area contributed by atoms with Crippen LogP contribution in [0.25, 0.3) is 0 Å². The summed E-state index contributed by atoms with van der Waals surface area (Å²) in [7, 11) is 0. The zero-order valence-electron chi connectivity index (χ0n) is 10.8. The van der Waals surface area contributed by atoms with Gasteiger partial charge >= 0.3 is 0 Å². The second-order valence-corrected chi connectivity index (χ2v) is 4.73. The number of hydrogen-bond acceptors (Lipinski definition) is 5. The summed E-state index contributed by atoms with van der Waals surface area (Å²) in [5, 5.41) is 9.37. The van der Waals surface area contributed by atoms with Crippen molar-refractivity contribution < 1.29 is 5.21 Å². The van der Waals surface area contributed by atoms with Crippen molar-refractivity contribution in [3.8, 4) is 0 Å². The summed E-state index contributed by atoms with van der Waals surface area (Å²) >= 11 is 1.74. The average Bonchev–Trinajstić information content (AvgIpc) is 2.42. The molecule has 2 N–H and O–H groups in total. The molecule has 1 aromatic heterocycles. The van der Waals surface area contributed by atoms with E-state index in [2.05, 4.69) is 28.7 Å². The van der Waals surface area contributed by atoms with E-state index < -0.39 is 0 Å². The normalized spacial score (nSPS) is 11.3. The van der Waals surface area contributed by atoms with E-state index in [9.17, 15) is 0 Å². The number of hydrogen-bond donors (Lipinski definition) is 2. The van der Waals surface area contributed by atoms with Gasteiger partial charge in [0.05, 0.1) is 16.9 Å². The first-order valence-electron chi connectivity index (χ1n) is 6.03. The number of aromatic nitrogens is 1. The molecule has 5 nitrogen and oxygen atoms in total. The summed E-state index contributed by atoms with van der Waals surface area (Å²) in [6.07, 6.45) is 2.90. The molecule has 1 heterocycles. The van der Waals surface area contributed by atoms with Crippen molar-refractivity contribution >= 4 is 23.8 Å². The minimum atomic E-state index is 0.713. The smallest absolute Gasteiger partial charge is 0.113 e. The Bertz CT molecular complexity index is 352. The highest BCUT2D eigenvalue weighted by Gasteiger charge is 2.00. The number of thioether (sulfide) groups is 1. The molecular weight excluding hydrogens is 248 g/mol. The summed E-state index contributed by atoms with van der Waals surface area (Å²) < 4.78 is 0. The molecule has 0 atom stereocenters. The predicted molar refractivity (Wildman–Crippen MR) is 75.8 cm³/mol. The predicted octanol–water partition coefficient (Wildman–Crippen LogP) is 2.15. The van der Waals surface area contributed by atoms with E-state index >= 15 is 0 Å². The third-order valence-corrected chi connectivity index (χ3v) is 3.47. The molecule has 1 rings (SSSR count). The van der Waals surface area contributed by atoms with Crippen molar-refractivity contribution in [3.63, 3.8) is 0 Å². The lowest BCUT2D eigenvalue weighted by atomic mass is 10.4. The Morgan fingerprint density at radius 3 is 2.78 bits per heavy atom.